The lowest BCUT2D eigenvalue weighted by atomic mass is 10.2. The average Bonchev–Trinajstić information content (AvgIpc) is 2.66. The lowest BCUT2D eigenvalue weighted by Crippen LogP contribution is -2.14. The number of nitrogens with zero attached hydrogens (tertiary/aromatic N) is 3. The van der Waals surface area contributed by atoms with Crippen LogP contribution in [-0.4, -0.2) is 15.9 Å². The van der Waals surface area contributed by atoms with Crippen molar-refractivity contribution in [1.82, 2.24) is 9.97 Å². The van der Waals surface area contributed by atoms with Gasteiger partial charge in [0.2, 0.25) is 0 Å². The molecule has 2 N–H and O–H groups in total. The van der Waals surface area contributed by atoms with Gasteiger partial charge in [-0.1, -0.05) is 23.2 Å². The van der Waals surface area contributed by atoms with Gasteiger partial charge >= 0.3 is 0 Å². The van der Waals surface area contributed by atoms with Crippen LogP contribution >= 0.6 is 23.2 Å². The van der Waals surface area contributed by atoms with E-state index in [9.17, 15) is 4.79 Å². The number of rotatable bonds is 4. The maximum atomic E-state index is 12.2. The standard InChI is InChI=1S/C18H11Cl2N5O/c19-12-3-6-14(20)15(7-12)25-17-10-22-16(9-23-17)18(26)24-13-4-1-11(8-21)2-5-13/h1-7,9-10H,(H,23,25)(H,24,26). The molecule has 0 saturated heterocycles. The Kier molecular flexibility index (Phi) is 5.32. The highest BCUT2D eigenvalue weighted by Crippen LogP contribution is 2.27. The normalized spacial score (nSPS) is 10.0. The van der Waals surface area contributed by atoms with E-state index in [2.05, 4.69) is 20.6 Å². The van der Waals surface area contributed by atoms with Crippen molar-refractivity contribution in [2.24, 2.45) is 0 Å². The Morgan fingerprint density at radius 3 is 2.46 bits per heavy atom. The smallest absolute Gasteiger partial charge is 0.275 e. The van der Waals surface area contributed by atoms with Crippen molar-refractivity contribution < 1.29 is 4.79 Å². The van der Waals surface area contributed by atoms with Gasteiger partial charge in [-0.2, -0.15) is 5.26 Å². The number of aromatic nitrogens is 2. The SMILES string of the molecule is N#Cc1ccc(NC(=O)c2cnc(Nc3cc(Cl)ccc3Cl)cn2)cc1. The fraction of sp³-hybridized carbons (Fsp3) is 0. The summed E-state index contributed by atoms with van der Waals surface area (Å²) in [6.45, 7) is 0. The Morgan fingerprint density at radius 2 is 1.81 bits per heavy atom. The summed E-state index contributed by atoms with van der Waals surface area (Å²) in [6, 6.07) is 13.5. The van der Waals surface area contributed by atoms with E-state index in [-0.39, 0.29) is 5.69 Å². The quantitative estimate of drug-likeness (QED) is 0.683. The Balaban J connectivity index is 1.69. The number of anilines is 3. The predicted octanol–water partition coefficient (Wildman–Crippen LogP) is 4.65. The van der Waals surface area contributed by atoms with Crippen molar-refractivity contribution in [2.45, 2.75) is 0 Å². The van der Waals surface area contributed by atoms with Crippen LogP contribution in [0.15, 0.2) is 54.9 Å². The molecule has 0 spiro atoms. The van der Waals surface area contributed by atoms with Gasteiger partial charge in [0.05, 0.1) is 34.7 Å². The van der Waals surface area contributed by atoms with Crippen LogP contribution in [0, 0.1) is 11.3 Å². The number of amides is 1. The zero-order chi connectivity index (χ0) is 18.5. The Labute approximate surface area is 159 Å². The molecule has 1 aromatic heterocycles. The number of halogens is 2. The van der Waals surface area contributed by atoms with Crippen LogP contribution in [0.25, 0.3) is 0 Å². The van der Waals surface area contributed by atoms with Crippen LogP contribution in [0.2, 0.25) is 10.0 Å². The minimum Gasteiger partial charge on any atom is -0.338 e. The molecule has 2 aromatic carbocycles. The second-order valence-corrected chi connectivity index (χ2v) is 6.02. The van der Waals surface area contributed by atoms with E-state index in [0.717, 1.165) is 0 Å². The highest BCUT2D eigenvalue weighted by molar-refractivity contribution is 6.35. The van der Waals surface area contributed by atoms with Gasteiger partial charge in [-0.05, 0) is 42.5 Å². The minimum absolute atomic E-state index is 0.150. The third-order valence-electron chi connectivity index (χ3n) is 3.35. The summed E-state index contributed by atoms with van der Waals surface area (Å²) in [5, 5.41) is 15.5. The van der Waals surface area contributed by atoms with Gasteiger partial charge in [0.15, 0.2) is 0 Å². The summed E-state index contributed by atoms with van der Waals surface area (Å²) in [4.78, 5) is 20.4. The second-order valence-electron chi connectivity index (χ2n) is 5.18. The van der Waals surface area contributed by atoms with Crippen LogP contribution in [0.3, 0.4) is 0 Å². The largest absolute Gasteiger partial charge is 0.338 e. The first kappa shape index (κ1) is 17.7. The molecule has 0 saturated carbocycles. The van der Waals surface area contributed by atoms with E-state index in [1.54, 1.807) is 42.5 Å². The summed E-state index contributed by atoms with van der Waals surface area (Å²) >= 11 is 12.0. The van der Waals surface area contributed by atoms with E-state index >= 15 is 0 Å². The summed E-state index contributed by atoms with van der Waals surface area (Å²) in [6.07, 6.45) is 2.77. The average molecular weight is 384 g/mol. The van der Waals surface area contributed by atoms with Gasteiger partial charge in [0.1, 0.15) is 11.5 Å². The highest BCUT2D eigenvalue weighted by Gasteiger charge is 2.09. The molecule has 0 bridgehead atoms. The maximum absolute atomic E-state index is 12.2. The number of carbonyl (C=O) groups is 1. The third-order valence-corrected chi connectivity index (χ3v) is 3.91. The number of hydrogen-bond donors (Lipinski definition) is 2. The van der Waals surface area contributed by atoms with E-state index < -0.39 is 5.91 Å². The molecule has 26 heavy (non-hydrogen) atoms. The zero-order valence-corrected chi connectivity index (χ0v) is 14.7. The molecule has 1 amide bonds. The molecule has 0 aliphatic heterocycles. The van der Waals surface area contributed by atoms with E-state index in [4.69, 9.17) is 28.5 Å². The summed E-state index contributed by atoms with van der Waals surface area (Å²) < 4.78 is 0. The zero-order valence-electron chi connectivity index (χ0n) is 13.2. The number of hydrogen-bond acceptors (Lipinski definition) is 5. The Hall–Kier alpha value is -3.14. The lowest BCUT2D eigenvalue weighted by Gasteiger charge is -2.08. The minimum atomic E-state index is -0.408. The van der Waals surface area contributed by atoms with E-state index in [1.807, 2.05) is 6.07 Å². The maximum Gasteiger partial charge on any atom is 0.275 e. The van der Waals surface area contributed by atoms with Crippen molar-refractivity contribution in [1.29, 1.82) is 5.26 Å². The molecule has 0 unspecified atom stereocenters. The van der Waals surface area contributed by atoms with Crippen LogP contribution in [0.5, 0.6) is 0 Å². The summed E-state index contributed by atoms with van der Waals surface area (Å²) in [5.41, 5.74) is 1.81. The lowest BCUT2D eigenvalue weighted by molar-refractivity contribution is 0.102. The van der Waals surface area contributed by atoms with Gasteiger partial charge in [0.25, 0.3) is 5.91 Å². The molecule has 0 aliphatic rings. The molecule has 3 rings (SSSR count). The molecular formula is C18H11Cl2N5O. The van der Waals surface area contributed by atoms with Crippen molar-refractivity contribution in [2.75, 3.05) is 10.6 Å². The van der Waals surface area contributed by atoms with Gasteiger partial charge in [-0.25, -0.2) is 9.97 Å². The first-order valence-electron chi connectivity index (χ1n) is 7.41. The summed E-state index contributed by atoms with van der Waals surface area (Å²) in [5.74, 6) is 0.0126. The topological polar surface area (TPSA) is 90.7 Å². The summed E-state index contributed by atoms with van der Waals surface area (Å²) in [7, 11) is 0. The third kappa shape index (κ3) is 4.28. The molecular weight excluding hydrogens is 373 g/mol. The molecule has 128 valence electrons. The second kappa shape index (κ2) is 7.83. The van der Waals surface area contributed by atoms with Gasteiger partial charge in [0, 0.05) is 10.7 Å². The molecule has 3 aromatic rings. The molecule has 1 heterocycles. The van der Waals surface area contributed by atoms with Crippen LogP contribution in [-0.2, 0) is 0 Å². The van der Waals surface area contributed by atoms with E-state index in [1.165, 1.54) is 12.4 Å². The predicted molar refractivity (Wildman–Crippen MR) is 101 cm³/mol. The van der Waals surface area contributed by atoms with Gasteiger partial charge < -0.3 is 10.6 Å². The molecule has 8 heteroatoms. The number of nitriles is 1. The number of nitrogens with one attached hydrogen (secondary N) is 2. The van der Waals surface area contributed by atoms with Crippen LogP contribution in [0.4, 0.5) is 17.2 Å². The number of carbonyl (C=O) groups excluding carboxylic acids is 1. The molecule has 0 fully saturated rings. The molecule has 0 radical (unpaired) electrons. The molecule has 0 aliphatic carbocycles. The fourth-order valence-corrected chi connectivity index (χ4v) is 2.40. The Bertz CT molecular complexity index is 982. The number of benzene rings is 2. The first-order chi connectivity index (χ1) is 12.5. The first-order valence-corrected chi connectivity index (χ1v) is 8.16. The van der Waals surface area contributed by atoms with Gasteiger partial charge in [-0.15, -0.1) is 0 Å². The Morgan fingerprint density at radius 1 is 1.04 bits per heavy atom. The fourth-order valence-electron chi connectivity index (χ4n) is 2.06. The molecule has 6 nitrogen and oxygen atoms in total. The van der Waals surface area contributed by atoms with Crippen LogP contribution < -0.4 is 10.6 Å². The highest BCUT2D eigenvalue weighted by atomic mass is 35.5. The van der Waals surface area contributed by atoms with Crippen molar-refractivity contribution in [3.05, 3.63) is 76.2 Å². The van der Waals surface area contributed by atoms with E-state index in [0.29, 0.717) is 32.8 Å². The van der Waals surface area contributed by atoms with Crippen molar-refractivity contribution >= 4 is 46.3 Å². The molecule has 0 atom stereocenters. The van der Waals surface area contributed by atoms with Gasteiger partial charge in [-0.3, -0.25) is 4.79 Å². The van der Waals surface area contributed by atoms with Crippen molar-refractivity contribution in [3.63, 3.8) is 0 Å². The van der Waals surface area contributed by atoms with Crippen LogP contribution in [0.1, 0.15) is 16.1 Å². The monoisotopic (exact) mass is 383 g/mol. The van der Waals surface area contributed by atoms with Crippen molar-refractivity contribution in [3.8, 4) is 6.07 Å².